The number of esters is 1. The van der Waals surface area contributed by atoms with Crippen LogP contribution in [0, 0.1) is 0 Å². The van der Waals surface area contributed by atoms with Crippen molar-refractivity contribution in [3.05, 3.63) is 42.1 Å². The number of morpholine rings is 1. The van der Waals surface area contributed by atoms with E-state index in [1.807, 2.05) is 18.3 Å². The van der Waals surface area contributed by atoms with Gasteiger partial charge in [0.15, 0.2) is 23.1 Å². The topological polar surface area (TPSA) is 133 Å². The molecule has 6 heterocycles. The summed E-state index contributed by atoms with van der Waals surface area (Å²) in [6.07, 6.45) is 5.10. The number of hydrogen-bond acceptors (Lipinski definition) is 10. The zero-order chi connectivity index (χ0) is 23.2. The summed E-state index contributed by atoms with van der Waals surface area (Å²) in [7, 11) is 1.30. The number of aromatic amines is 1. The third-order valence-electron chi connectivity index (χ3n) is 6.07. The predicted molar refractivity (Wildman–Crippen MR) is 120 cm³/mol. The number of ether oxygens (including phenoxy) is 3. The Balaban J connectivity index is 1.50. The predicted octanol–water partition coefficient (Wildman–Crippen LogP) is 1.43. The first-order valence-electron chi connectivity index (χ1n) is 10.9. The number of carbonyl (C=O) groups is 1. The molecule has 0 saturated carbocycles. The molecule has 0 bridgehead atoms. The van der Waals surface area contributed by atoms with Gasteiger partial charge in [0.05, 0.1) is 45.1 Å². The number of carbonyl (C=O) groups excluding carboxylic acids is 1. The van der Waals surface area contributed by atoms with Gasteiger partial charge in [0, 0.05) is 23.3 Å². The Morgan fingerprint density at radius 3 is 3.06 bits per heavy atom. The van der Waals surface area contributed by atoms with Gasteiger partial charge in [-0.15, -0.1) is 5.10 Å². The molecule has 2 aliphatic rings. The second-order valence-corrected chi connectivity index (χ2v) is 8.30. The highest BCUT2D eigenvalue weighted by molar-refractivity contribution is 5.91. The molecule has 0 aliphatic carbocycles. The number of pyridine rings is 1. The standard InChI is InChI=1S/C22H22N8O4/c1-12-9-33-10-13-11-34-18-16(7-29-8-17(27-28-29)22(31)32-2)25-20(26-21(18)30(12)13)15-4-6-24-19-14(15)3-5-23-19/h3-6,8,12-13H,7,9-11H2,1-2H3,(H,23,24)/t12-,13?/m1/s1. The minimum atomic E-state index is -0.551. The normalized spacial score (nSPS) is 19.4. The summed E-state index contributed by atoms with van der Waals surface area (Å²) in [4.78, 5) is 31.4. The van der Waals surface area contributed by atoms with Crippen LogP contribution in [-0.4, -0.2) is 79.9 Å². The van der Waals surface area contributed by atoms with Crippen LogP contribution in [0.4, 0.5) is 5.82 Å². The summed E-state index contributed by atoms with van der Waals surface area (Å²) < 4.78 is 18.2. The Hall–Kier alpha value is -4.06. The summed E-state index contributed by atoms with van der Waals surface area (Å²) >= 11 is 0. The molecule has 2 atom stereocenters. The summed E-state index contributed by atoms with van der Waals surface area (Å²) in [6.45, 7) is 4.00. The van der Waals surface area contributed by atoms with Gasteiger partial charge < -0.3 is 24.1 Å². The molecule has 174 valence electrons. The van der Waals surface area contributed by atoms with E-state index in [0.29, 0.717) is 37.1 Å². The molecule has 12 heteroatoms. The van der Waals surface area contributed by atoms with Crippen LogP contribution in [0.25, 0.3) is 22.4 Å². The van der Waals surface area contributed by atoms with Crippen LogP contribution in [0.15, 0.2) is 30.7 Å². The maximum atomic E-state index is 11.8. The first-order chi connectivity index (χ1) is 16.6. The highest BCUT2D eigenvalue weighted by Crippen LogP contribution is 2.39. The molecule has 1 N–H and O–H groups in total. The fourth-order valence-electron chi connectivity index (χ4n) is 4.50. The second kappa shape index (κ2) is 8.06. The summed E-state index contributed by atoms with van der Waals surface area (Å²) in [6, 6.07) is 4.04. The van der Waals surface area contributed by atoms with Crippen molar-refractivity contribution in [2.75, 3.05) is 31.8 Å². The quantitative estimate of drug-likeness (QED) is 0.444. The molecule has 4 aromatic heterocycles. The molecule has 6 rings (SSSR count). The summed E-state index contributed by atoms with van der Waals surface area (Å²) in [5, 5.41) is 8.90. The van der Waals surface area contributed by atoms with Crippen LogP contribution >= 0.6 is 0 Å². The van der Waals surface area contributed by atoms with Crippen molar-refractivity contribution in [3.8, 4) is 17.1 Å². The van der Waals surface area contributed by atoms with Crippen LogP contribution in [-0.2, 0) is 16.0 Å². The molecule has 34 heavy (non-hydrogen) atoms. The number of methoxy groups -OCH3 is 1. The molecule has 1 unspecified atom stereocenters. The minimum absolute atomic E-state index is 0.0638. The third-order valence-corrected chi connectivity index (χ3v) is 6.07. The van der Waals surface area contributed by atoms with Gasteiger partial charge in [0.25, 0.3) is 0 Å². The van der Waals surface area contributed by atoms with Gasteiger partial charge in [-0.3, -0.25) is 0 Å². The zero-order valence-corrected chi connectivity index (χ0v) is 18.6. The number of H-pyrrole nitrogens is 1. The fourth-order valence-corrected chi connectivity index (χ4v) is 4.50. The first kappa shape index (κ1) is 20.5. The minimum Gasteiger partial charge on any atom is -0.486 e. The number of fused-ring (bicyclic) bond motifs is 4. The van der Waals surface area contributed by atoms with Crippen molar-refractivity contribution in [2.45, 2.75) is 25.6 Å². The molecule has 0 spiro atoms. The number of rotatable bonds is 4. The van der Waals surface area contributed by atoms with E-state index in [0.717, 1.165) is 22.4 Å². The maximum absolute atomic E-state index is 11.8. The van der Waals surface area contributed by atoms with Crippen molar-refractivity contribution in [1.29, 1.82) is 0 Å². The molecule has 0 aromatic carbocycles. The van der Waals surface area contributed by atoms with Crippen molar-refractivity contribution < 1.29 is 19.0 Å². The molecule has 0 radical (unpaired) electrons. The van der Waals surface area contributed by atoms with E-state index in [9.17, 15) is 4.79 Å². The Kier molecular flexibility index (Phi) is 4.87. The smallest absolute Gasteiger partial charge is 0.360 e. The highest BCUT2D eigenvalue weighted by atomic mass is 16.5. The summed E-state index contributed by atoms with van der Waals surface area (Å²) in [5.74, 6) is 1.32. The molecule has 1 saturated heterocycles. The lowest BCUT2D eigenvalue weighted by Crippen LogP contribution is -2.56. The number of nitrogens with one attached hydrogen (secondary N) is 1. The lowest BCUT2D eigenvalue weighted by molar-refractivity contribution is 0.0483. The van der Waals surface area contributed by atoms with Gasteiger partial charge in [-0.2, -0.15) is 0 Å². The summed E-state index contributed by atoms with van der Waals surface area (Å²) in [5.41, 5.74) is 2.37. The van der Waals surface area contributed by atoms with E-state index >= 15 is 0 Å². The lowest BCUT2D eigenvalue weighted by atomic mass is 10.1. The number of aromatic nitrogens is 7. The molecular formula is C22H22N8O4. The van der Waals surface area contributed by atoms with Gasteiger partial charge in [-0.05, 0) is 19.1 Å². The molecule has 12 nitrogen and oxygen atoms in total. The van der Waals surface area contributed by atoms with E-state index < -0.39 is 5.97 Å². The number of nitrogens with zero attached hydrogens (tertiary/aromatic N) is 7. The SMILES string of the molecule is COC(=O)c1cn(Cc2nc(-c3ccnc4[nH]ccc34)nc3c2OCC2COC[C@@H](C)N32)nn1. The second-order valence-electron chi connectivity index (χ2n) is 8.30. The Bertz CT molecular complexity index is 1380. The first-order valence-corrected chi connectivity index (χ1v) is 10.9. The van der Waals surface area contributed by atoms with Crippen molar-refractivity contribution >= 4 is 22.8 Å². The van der Waals surface area contributed by atoms with Gasteiger partial charge in [-0.1, -0.05) is 5.21 Å². The molecule has 1 fully saturated rings. The van der Waals surface area contributed by atoms with Crippen LogP contribution in [0.5, 0.6) is 5.75 Å². The van der Waals surface area contributed by atoms with Gasteiger partial charge in [0.1, 0.15) is 17.9 Å². The van der Waals surface area contributed by atoms with Gasteiger partial charge >= 0.3 is 5.97 Å². The van der Waals surface area contributed by atoms with E-state index in [1.54, 1.807) is 6.20 Å². The highest BCUT2D eigenvalue weighted by Gasteiger charge is 2.38. The van der Waals surface area contributed by atoms with Crippen LogP contribution in [0.3, 0.4) is 0 Å². The van der Waals surface area contributed by atoms with Crippen molar-refractivity contribution in [2.24, 2.45) is 0 Å². The monoisotopic (exact) mass is 462 g/mol. The fraction of sp³-hybridized carbons (Fsp3) is 0.364. The van der Waals surface area contributed by atoms with Crippen LogP contribution < -0.4 is 9.64 Å². The molecule has 0 amide bonds. The number of hydrogen-bond donors (Lipinski definition) is 1. The Morgan fingerprint density at radius 2 is 2.18 bits per heavy atom. The van der Waals surface area contributed by atoms with Crippen molar-refractivity contribution in [3.63, 3.8) is 0 Å². The number of anilines is 1. The Labute approximate surface area is 193 Å². The largest absolute Gasteiger partial charge is 0.486 e. The average molecular weight is 462 g/mol. The molecule has 2 aliphatic heterocycles. The van der Waals surface area contributed by atoms with E-state index in [4.69, 9.17) is 24.2 Å². The van der Waals surface area contributed by atoms with Gasteiger partial charge in [-0.25, -0.2) is 24.4 Å². The van der Waals surface area contributed by atoms with Gasteiger partial charge in [0.2, 0.25) is 0 Å². The maximum Gasteiger partial charge on any atom is 0.360 e. The van der Waals surface area contributed by atoms with Crippen LogP contribution in [0.1, 0.15) is 23.1 Å². The van der Waals surface area contributed by atoms with E-state index in [1.165, 1.54) is 18.0 Å². The Morgan fingerprint density at radius 1 is 1.26 bits per heavy atom. The lowest BCUT2D eigenvalue weighted by Gasteiger charge is -2.44. The molecular weight excluding hydrogens is 440 g/mol. The van der Waals surface area contributed by atoms with E-state index in [2.05, 4.69) is 32.1 Å². The van der Waals surface area contributed by atoms with E-state index in [-0.39, 0.29) is 24.3 Å². The van der Waals surface area contributed by atoms with Crippen molar-refractivity contribution in [1.82, 2.24) is 34.9 Å². The van der Waals surface area contributed by atoms with Crippen LogP contribution in [0.2, 0.25) is 0 Å². The third kappa shape index (κ3) is 3.34. The zero-order valence-electron chi connectivity index (χ0n) is 18.6. The molecule has 4 aromatic rings. The average Bonchev–Trinajstić information content (AvgIpc) is 3.53.